The molecular weight excluding hydrogens is 367 g/mol. The van der Waals surface area contributed by atoms with Crippen molar-refractivity contribution in [1.29, 1.82) is 0 Å². The van der Waals surface area contributed by atoms with Gasteiger partial charge in [-0.25, -0.2) is 0 Å². The molecule has 0 aromatic heterocycles. The quantitative estimate of drug-likeness (QED) is 0.697. The number of hydrogen-bond donors (Lipinski definition) is 1. The van der Waals surface area contributed by atoms with Gasteiger partial charge >= 0.3 is 6.18 Å². The van der Waals surface area contributed by atoms with Crippen LogP contribution in [0.3, 0.4) is 0 Å². The zero-order valence-electron chi connectivity index (χ0n) is 14.5. The summed E-state index contributed by atoms with van der Waals surface area (Å²) >= 11 is 5.90. The van der Waals surface area contributed by atoms with Crippen molar-refractivity contribution < 1.29 is 22.7 Å². The predicted octanol–water partition coefficient (Wildman–Crippen LogP) is 5.89. The molecule has 1 N–H and O–H groups in total. The Labute approximate surface area is 155 Å². The van der Waals surface area contributed by atoms with Crippen molar-refractivity contribution >= 4 is 23.2 Å². The molecule has 3 nitrogen and oxygen atoms in total. The average molecular weight is 386 g/mol. The first-order valence-electron chi connectivity index (χ1n) is 8.02. The van der Waals surface area contributed by atoms with Gasteiger partial charge in [-0.1, -0.05) is 43.6 Å². The Balaban J connectivity index is 2.15. The summed E-state index contributed by atoms with van der Waals surface area (Å²) in [7, 11) is 0. The minimum absolute atomic E-state index is 0.0149. The van der Waals surface area contributed by atoms with Crippen LogP contribution in [0.1, 0.15) is 37.8 Å². The van der Waals surface area contributed by atoms with Crippen molar-refractivity contribution in [2.24, 2.45) is 0 Å². The Kier molecular flexibility index (Phi) is 6.18. The third-order valence-electron chi connectivity index (χ3n) is 3.77. The molecule has 0 spiro atoms. The number of anilines is 1. The number of nitrogens with one attached hydrogen (secondary N) is 1. The highest BCUT2D eigenvalue weighted by atomic mass is 35.5. The maximum atomic E-state index is 12.8. The fourth-order valence-corrected chi connectivity index (χ4v) is 2.51. The van der Waals surface area contributed by atoms with Gasteiger partial charge in [-0.2, -0.15) is 13.2 Å². The Morgan fingerprint density at radius 3 is 2.38 bits per heavy atom. The Morgan fingerprint density at radius 2 is 1.77 bits per heavy atom. The highest BCUT2D eigenvalue weighted by Crippen LogP contribution is 2.34. The van der Waals surface area contributed by atoms with Crippen molar-refractivity contribution in [2.75, 3.05) is 5.32 Å². The van der Waals surface area contributed by atoms with Gasteiger partial charge in [0.15, 0.2) is 6.10 Å². The van der Waals surface area contributed by atoms with Crippen molar-refractivity contribution in [2.45, 2.75) is 39.0 Å². The lowest BCUT2D eigenvalue weighted by atomic mass is 10.0. The standard InChI is InChI=1S/C19H19ClF3NO2/c1-11(2)14-6-4-5-7-17(14)26-12(3)18(25)24-16-10-13(19(21,22)23)8-9-15(16)20/h4-12H,1-3H3,(H,24,25)/t12-/m0/s1. The Morgan fingerprint density at radius 1 is 1.12 bits per heavy atom. The van der Waals surface area contributed by atoms with E-state index in [0.717, 1.165) is 23.8 Å². The summed E-state index contributed by atoms with van der Waals surface area (Å²) in [4.78, 5) is 12.3. The summed E-state index contributed by atoms with van der Waals surface area (Å²) in [5, 5.41) is 2.41. The van der Waals surface area contributed by atoms with E-state index in [0.29, 0.717) is 5.75 Å². The van der Waals surface area contributed by atoms with E-state index in [-0.39, 0.29) is 16.6 Å². The van der Waals surface area contributed by atoms with Crippen LogP contribution in [0.4, 0.5) is 18.9 Å². The predicted molar refractivity (Wildman–Crippen MR) is 95.7 cm³/mol. The molecule has 0 aliphatic rings. The summed E-state index contributed by atoms with van der Waals surface area (Å²) in [6.45, 7) is 5.51. The molecule has 0 bridgehead atoms. The summed E-state index contributed by atoms with van der Waals surface area (Å²) in [6, 6.07) is 10.1. The Bertz CT molecular complexity index is 791. The number of rotatable bonds is 5. The van der Waals surface area contributed by atoms with E-state index < -0.39 is 23.8 Å². The van der Waals surface area contributed by atoms with Crippen LogP contribution in [0.25, 0.3) is 0 Å². The van der Waals surface area contributed by atoms with Gasteiger partial charge in [0.2, 0.25) is 0 Å². The lowest BCUT2D eigenvalue weighted by Gasteiger charge is -2.19. The second-order valence-electron chi connectivity index (χ2n) is 6.13. The van der Waals surface area contributed by atoms with E-state index in [1.54, 1.807) is 12.1 Å². The first-order valence-corrected chi connectivity index (χ1v) is 8.40. The lowest BCUT2D eigenvalue weighted by molar-refractivity contribution is -0.137. The number of amides is 1. The summed E-state index contributed by atoms with van der Waals surface area (Å²) in [6.07, 6.45) is -5.44. The summed E-state index contributed by atoms with van der Waals surface area (Å²) in [5.74, 6) is 0.157. The van der Waals surface area contributed by atoms with Crippen LogP contribution in [0.2, 0.25) is 5.02 Å². The van der Waals surface area contributed by atoms with E-state index in [1.807, 2.05) is 26.0 Å². The molecule has 0 fully saturated rings. The van der Waals surface area contributed by atoms with Crippen molar-refractivity contribution in [3.8, 4) is 5.75 Å². The van der Waals surface area contributed by atoms with Gasteiger partial charge < -0.3 is 10.1 Å². The molecule has 0 radical (unpaired) electrons. The van der Waals surface area contributed by atoms with E-state index in [4.69, 9.17) is 16.3 Å². The van der Waals surface area contributed by atoms with Crippen LogP contribution < -0.4 is 10.1 Å². The third kappa shape index (κ3) is 4.91. The van der Waals surface area contributed by atoms with Crippen LogP contribution in [-0.4, -0.2) is 12.0 Å². The Hall–Kier alpha value is -2.21. The molecule has 0 heterocycles. The minimum Gasteiger partial charge on any atom is -0.481 e. The van der Waals surface area contributed by atoms with Crippen LogP contribution >= 0.6 is 11.6 Å². The van der Waals surface area contributed by atoms with Crippen LogP contribution in [-0.2, 0) is 11.0 Å². The molecule has 1 atom stereocenters. The second-order valence-corrected chi connectivity index (χ2v) is 6.54. The molecule has 2 rings (SSSR count). The topological polar surface area (TPSA) is 38.3 Å². The first kappa shape index (κ1) is 20.1. The molecule has 2 aromatic carbocycles. The number of carbonyl (C=O) groups is 1. The van der Waals surface area contributed by atoms with Crippen LogP contribution in [0.15, 0.2) is 42.5 Å². The molecule has 7 heteroatoms. The van der Waals surface area contributed by atoms with Crippen molar-refractivity contribution in [3.05, 3.63) is 58.6 Å². The molecule has 0 saturated carbocycles. The molecule has 2 aromatic rings. The maximum absolute atomic E-state index is 12.8. The van der Waals surface area contributed by atoms with Gasteiger partial charge in [0.25, 0.3) is 5.91 Å². The maximum Gasteiger partial charge on any atom is 0.416 e. The highest BCUT2D eigenvalue weighted by Gasteiger charge is 2.31. The number of hydrogen-bond acceptors (Lipinski definition) is 2. The molecule has 0 unspecified atom stereocenters. The molecule has 140 valence electrons. The largest absolute Gasteiger partial charge is 0.481 e. The monoisotopic (exact) mass is 385 g/mol. The highest BCUT2D eigenvalue weighted by molar-refractivity contribution is 6.33. The van der Waals surface area contributed by atoms with Crippen LogP contribution in [0.5, 0.6) is 5.75 Å². The first-order chi connectivity index (χ1) is 12.1. The number of ether oxygens (including phenoxy) is 1. The third-order valence-corrected chi connectivity index (χ3v) is 4.10. The number of halogens is 4. The molecule has 0 aliphatic heterocycles. The fraction of sp³-hybridized carbons (Fsp3) is 0.316. The summed E-state index contributed by atoms with van der Waals surface area (Å²) < 4.78 is 44.2. The number of alkyl halides is 3. The molecular formula is C19H19ClF3NO2. The van der Waals surface area contributed by atoms with Gasteiger partial charge in [-0.3, -0.25) is 4.79 Å². The van der Waals surface area contributed by atoms with E-state index in [2.05, 4.69) is 5.32 Å². The second kappa shape index (κ2) is 7.99. The average Bonchev–Trinajstić information content (AvgIpc) is 2.56. The summed E-state index contributed by atoms with van der Waals surface area (Å²) in [5.41, 5.74) is -0.0701. The van der Waals surface area contributed by atoms with E-state index in [1.165, 1.54) is 6.92 Å². The molecule has 0 aliphatic carbocycles. The zero-order chi connectivity index (χ0) is 19.5. The SMILES string of the molecule is CC(C)c1ccccc1O[C@@H](C)C(=O)Nc1cc(C(F)(F)F)ccc1Cl. The number of benzene rings is 2. The fourth-order valence-electron chi connectivity index (χ4n) is 2.34. The number of para-hydroxylation sites is 1. The number of carbonyl (C=O) groups excluding carboxylic acids is 1. The smallest absolute Gasteiger partial charge is 0.416 e. The lowest BCUT2D eigenvalue weighted by Crippen LogP contribution is -2.30. The minimum atomic E-state index is -4.53. The normalized spacial score (nSPS) is 12.8. The zero-order valence-corrected chi connectivity index (χ0v) is 15.3. The van der Waals surface area contributed by atoms with Gasteiger partial charge in [0.05, 0.1) is 16.3 Å². The molecule has 0 saturated heterocycles. The van der Waals surface area contributed by atoms with Gasteiger partial charge in [0, 0.05) is 0 Å². The van der Waals surface area contributed by atoms with Gasteiger partial charge in [-0.15, -0.1) is 0 Å². The van der Waals surface area contributed by atoms with E-state index >= 15 is 0 Å². The van der Waals surface area contributed by atoms with Gasteiger partial charge in [-0.05, 0) is 42.7 Å². The van der Waals surface area contributed by atoms with Gasteiger partial charge in [0.1, 0.15) is 5.75 Å². The van der Waals surface area contributed by atoms with Crippen molar-refractivity contribution in [3.63, 3.8) is 0 Å². The molecule has 26 heavy (non-hydrogen) atoms. The van der Waals surface area contributed by atoms with Crippen molar-refractivity contribution in [1.82, 2.24) is 0 Å². The molecule has 1 amide bonds. The van der Waals surface area contributed by atoms with E-state index in [9.17, 15) is 18.0 Å². The van der Waals surface area contributed by atoms with Crippen LogP contribution in [0, 0.1) is 0 Å².